The molecule has 0 aromatic heterocycles. The van der Waals surface area contributed by atoms with Crippen molar-refractivity contribution in [3.63, 3.8) is 0 Å². The first-order valence-electron chi connectivity index (χ1n) is 4.59. The van der Waals surface area contributed by atoms with E-state index in [1.54, 1.807) is 6.07 Å². The van der Waals surface area contributed by atoms with Crippen molar-refractivity contribution in [2.75, 3.05) is 0 Å². The van der Waals surface area contributed by atoms with E-state index >= 15 is 0 Å². The summed E-state index contributed by atoms with van der Waals surface area (Å²) in [7, 11) is 0. The molecule has 0 aliphatic heterocycles. The van der Waals surface area contributed by atoms with E-state index in [-0.39, 0.29) is 0 Å². The molecule has 0 bridgehead atoms. The zero-order valence-electron chi connectivity index (χ0n) is 8.38. The minimum atomic E-state index is -0.480. The zero-order chi connectivity index (χ0) is 10.7. The molecule has 0 aliphatic rings. The SMILES string of the molecule is CC(C)Cc1ccc(C(N)=O)c(Cl)c1. The molecule has 0 radical (unpaired) electrons. The quantitative estimate of drug-likeness (QED) is 0.821. The van der Waals surface area contributed by atoms with Crippen LogP contribution < -0.4 is 5.73 Å². The van der Waals surface area contributed by atoms with Crippen molar-refractivity contribution in [3.8, 4) is 0 Å². The Morgan fingerprint density at radius 2 is 2.14 bits per heavy atom. The maximum absolute atomic E-state index is 10.9. The highest BCUT2D eigenvalue weighted by Gasteiger charge is 2.07. The summed E-state index contributed by atoms with van der Waals surface area (Å²) in [5.41, 5.74) is 6.66. The van der Waals surface area contributed by atoms with Gasteiger partial charge in [-0.2, -0.15) is 0 Å². The Labute approximate surface area is 89.1 Å². The van der Waals surface area contributed by atoms with Crippen LogP contribution in [0.4, 0.5) is 0 Å². The second-order valence-corrected chi connectivity index (χ2v) is 4.18. The molecule has 2 N–H and O–H groups in total. The number of benzene rings is 1. The second-order valence-electron chi connectivity index (χ2n) is 3.78. The van der Waals surface area contributed by atoms with Crippen LogP contribution in [0.2, 0.25) is 5.02 Å². The van der Waals surface area contributed by atoms with Gasteiger partial charge in [0, 0.05) is 0 Å². The van der Waals surface area contributed by atoms with E-state index in [2.05, 4.69) is 13.8 Å². The number of primary amides is 1. The van der Waals surface area contributed by atoms with Gasteiger partial charge < -0.3 is 5.73 Å². The molecule has 3 heteroatoms. The number of nitrogens with two attached hydrogens (primary N) is 1. The summed E-state index contributed by atoms with van der Waals surface area (Å²) in [4.78, 5) is 10.9. The van der Waals surface area contributed by atoms with Gasteiger partial charge in [-0.05, 0) is 30.0 Å². The lowest BCUT2D eigenvalue weighted by Crippen LogP contribution is -2.11. The summed E-state index contributed by atoms with van der Waals surface area (Å²) in [6, 6.07) is 5.38. The minimum absolute atomic E-state index is 0.388. The molecule has 14 heavy (non-hydrogen) atoms. The van der Waals surface area contributed by atoms with E-state index in [9.17, 15) is 4.79 Å². The van der Waals surface area contributed by atoms with Crippen LogP contribution in [0.5, 0.6) is 0 Å². The van der Waals surface area contributed by atoms with E-state index < -0.39 is 5.91 Å². The maximum atomic E-state index is 10.9. The van der Waals surface area contributed by atoms with Gasteiger partial charge in [-0.15, -0.1) is 0 Å². The predicted octanol–water partition coefficient (Wildman–Crippen LogP) is 2.64. The number of carbonyl (C=O) groups is 1. The lowest BCUT2D eigenvalue weighted by atomic mass is 10.0. The van der Waals surface area contributed by atoms with E-state index in [4.69, 9.17) is 17.3 Å². The molecule has 1 rings (SSSR count). The van der Waals surface area contributed by atoms with Crippen LogP contribution in [-0.4, -0.2) is 5.91 Å². The van der Waals surface area contributed by atoms with Crippen molar-refractivity contribution < 1.29 is 4.79 Å². The van der Waals surface area contributed by atoms with Gasteiger partial charge in [0.1, 0.15) is 0 Å². The summed E-state index contributed by atoms with van der Waals surface area (Å²) in [5.74, 6) is 0.0941. The molecule has 0 saturated heterocycles. The molecule has 1 aromatic carbocycles. The van der Waals surface area contributed by atoms with E-state index in [0.717, 1.165) is 12.0 Å². The minimum Gasteiger partial charge on any atom is -0.366 e. The molecule has 0 atom stereocenters. The lowest BCUT2D eigenvalue weighted by molar-refractivity contribution is 0.100. The van der Waals surface area contributed by atoms with Crippen molar-refractivity contribution in [1.82, 2.24) is 0 Å². The van der Waals surface area contributed by atoms with Gasteiger partial charge >= 0.3 is 0 Å². The Hall–Kier alpha value is -1.02. The first-order chi connectivity index (χ1) is 6.50. The van der Waals surface area contributed by atoms with Gasteiger partial charge in [-0.3, -0.25) is 4.79 Å². The lowest BCUT2D eigenvalue weighted by Gasteiger charge is -2.06. The number of amides is 1. The Morgan fingerprint density at radius 3 is 2.57 bits per heavy atom. The number of carbonyl (C=O) groups excluding carboxylic acids is 1. The predicted molar refractivity (Wildman–Crippen MR) is 58.5 cm³/mol. The molecule has 0 heterocycles. The first-order valence-corrected chi connectivity index (χ1v) is 4.96. The van der Waals surface area contributed by atoms with E-state index in [1.807, 2.05) is 12.1 Å². The van der Waals surface area contributed by atoms with Crippen LogP contribution in [0.1, 0.15) is 29.8 Å². The molecule has 1 aromatic rings. The summed E-state index contributed by atoms with van der Waals surface area (Å²) in [6.45, 7) is 4.27. The molecule has 0 spiro atoms. The van der Waals surface area contributed by atoms with Crippen LogP contribution in [0.25, 0.3) is 0 Å². The molecular weight excluding hydrogens is 198 g/mol. The summed E-state index contributed by atoms with van der Waals surface area (Å²) < 4.78 is 0. The molecule has 1 amide bonds. The van der Waals surface area contributed by atoms with Crippen molar-refractivity contribution in [3.05, 3.63) is 34.3 Å². The Balaban J connectivity index is 2.94. The third kappa shape index (κ3) is 2.74. The zero-order valence-corrected chi connectivity index (χ0v) is 9.14. The van der Waals surface area contributed by atoms with E-state index in [1.165, 1.54) is 0 Å². The molecule has 0 saturated carbocycles. The fraction of sp³-hybridized carbons (Fsp3) is 0.364. The molecular formula is C11H14ClNO. The fourth-order valence-corrected chi connectivity index (χ4v) is 1.65. The van der Waals surface area contributed by atoms with Crippen molar-refractivity contribution in [2.45, 2.75) is 20.3 Å². The monoisotopic (exact) mass is 211 g/mol. The van der Waals surface area contributed by atoms with Crippen LogP contribution in [0.3, 0.4) is 0 Å². The van der Waals surface area contributed by atoms with Crippen molar-refractivity contribution in [2.24, 2.45) is 11.7 Å². The number of hydrogen-bond acceptors (Lipinski definition) is 1. The highest BCUT2D eigenvalue weighted by Crippen LogP contribution is 2.19. The first kappa shape index (κ1) is 11.1. The molecule has 76 valence electrons. The average Bonchev–Trinajstić information content (AvgIpc) is 2.01. The van der Waals surface area contributed by atoms with Crippen LogP contribution in [0.15, 0.2) is 18.2 Å². The fourth-order valence-electron chi connectivity index (χ4n) is 1.36. The molecule has 2 nitrogen and oxygen atoms in total. The molecule has 0 unspecified atom stereocenters. The average molecular weight is 212 g/mol. The third-order valence-electron chi connectivity index (χ3n) is 1.94. The molecule has 0 aliphatic carbocycles. The third-order valence-corrected chi connectivity index (χ3v) is 2.26. The maximum Gasteiger partial charge on any atom is 0.250 e. The topological polar surface area (TPSA) is 43.1 Å². The number of halogens is 1. The van der Waals surface area contributed by atoms with Crippen LogP contribution in [-0.2, 0) is 6.42 Å². The summed E-state index contributed by atoms with van der Waals surface area (Å²) in [5, 5.41) is 0.440. The van der Waals surface area contributed by atoms with Crippen molar-refractivity contribution >= 4 is 17.5 Å². The van der Waals surface area contributed by atoms with Gasteiger partial charge in [0.15, 0.2) is 0 Å². The van der Waals surface area contributed by atoms with Gasteiger partial charge in [0.25, 0.3) is 0 Å². The van der Waals surface area contributed by atoms with Gasteiger partial charge in [0.2, 0.25) is 5.91 Å². The highest BCUT2D eigenvalue weighted by molar-refractivity contribution is 6.33. The Morgan fingerprint density at radius 1 is 1.50 bits per heavy atom. The summed E-state index contributed by atoms with van der Waals surface area (Å²) >= 11 is 5.91. The van der Waals surface area contributed by atoms with Gasteiger partial charge in [0.05, 0.1) is 10.6 Å². The standard InChI is InChI=1S/C11H14ClNO/c1-7(2)5-8-3-4-9(11(13)14)10(12)6-8/h3-4,6-7H,5H2,1-2H3,(H2,13,14). The number of rotatable bonds is 3. The highest BCUT2D eigenvalue weighted by atomic mass is 35.5. The Bertz CT molecular complexity index is 347. The van der Waals surface area contributed by atoms with E-state index in [0.29, 0.717) is 16.5 Å². The largest absolute Gasteiger partial charge is 0.366 e. The summed E-state index contributed by atoms with van der Waals surface area (Å²) in [6.07, 6.45) is 0.957. The van der Waals surface area contributed by atoms with Crippen molar-refractivity contribution in [1.29, 1.82) is 0 Å². The van der Waals surface area contributed by atoms with Crippen LogP contribution >= 0.6 is 11.6 Å². The number of hydrogen-bond donors (Lipinski definition) is 1. The van der Waals surface area contributed by atoms with Crippen LogP contribution in [0, 0.1) is 5.92 Å². The Kier molecular flexibility index (Phi) is 3.53. The smallest absolute Gasteiger partial charge is 0.250 e. The molecule has 0 fully saturated rings. The normalized spacial score (nSPS) is 10.6. The van der Waals surface area contributed by atoms with Gasteiger partial charge in [-0.25, -0.2) is 0 Å². The second kappa shape index (κ2) is 4.47. The van der Waals surface area contributed by atoms with Gasteiger partial charge in [-0.1, -0.05) is 31.5 Å².